The second-order valence-corrected chi connectivity index (χ2v) is 4.19. The van der Waals surface area contributed by atoms with Crippen molar-refractivity contribution in [1.82, 2.24) is 0 Å². The maximum absolute atomic E-state index is 13.4. The van der Waals surface area contributed by atoms with Crippen molar-refractivity contribution in [2.75, 3.05) is 13.2 Å². The number of fused-ring (bicyclic) bond motifs is 1. The van der Waals surface area contributed by atoms with E-state index in [9.17, 15) is 4.39 Å². The molecule has 2 aromatic carbocycles. The minimum Gasteiger partial charge on any atom is -0.489 e. The van der Waals surface area contributed by atoms with E-state index in [4.69, 9.17) is 14.2 Å². The maximum atomic E-state index is 13.4. The predicted octanol–water partition coefficient (Wildman–Crippen LogP) is 3.18. The van der Waals surface area contributed by atoms with Crippen LogP contribution in [0, 0.1) is 5.82 Å². The molecule has 1 aliphatic rings. The van der Waals surface area contributed by atoms with Crippen LogP contribution in [0.15, 0.2) is 42.5 Å². The summed E-state index contributed by atoms with van der Waals surface area (Å²) in [5, 5.41) is 0. The minimum absolute atomic E-state index is 0.187. The van der Waals surface area contributed by atoms with Crippen molar-refractivity contribution in [2.45, 2.75) is 6.61 Å². The molecule has 3 nitrogen and oxygen atoms in total. The zero-order valence-corrected chi connectivity index (χ0v) is 10.3. The number of hydrogen-bond donors (Lipinski definition) is 0. The Bertz CT molecular complexity index is 583. The topological polar surface area (TPSA) is 27.7 Å². The first-order chi connectivity index (χ1) is 9.33. The van der Waals surface area contributed by atoms with Gasteiger partial charge in [0.05, 0.1) is 0 Å². The van der Waals surface area contributed by atoms with Gasteiger partial charge in [0.2, 0.25) is 0 Å². The second-order valence-electron chi connectivity index (χ2n) is 4.19. The van der Waals surface area contributed by atoms with Crippen LogP contribution in [0.25, 0.3) is 0 Å². The lowest BCUT2D eigenvalue weighted by Crippen LogP contribution is -2.15. The van der Waals surface area contributed by atoms with E-state index >= 15 is 0 Å². The van der Waals surface area contributed by atoms with Gasteiger partial charge >= 0.3 is 0 Å². The normalized spacial score (nSPS) is 13.1. The van der Waals surface area contributed by atoms with Gasteiger partial charge in [0.1, 0.15) is 31.4 Å². The number of halogens is 1. The van der Waals surface area contributed by atoms with E-state index in [2.05, 4.69) is 0 Å². The molecule has 0 aliphatic carbocycles. The highest BCUT2D eigenvalue weighted by atomic mass is 19.1. The Morgan fingerprint density at radius 1 is 1.00 bits per heavy atom. The Balaban J connectivity index is 1.72. The first kappa shape index (κ1) is 11.8. The second kappa shape index (κ2) is 5.18. The average Bonchev–Trinajstić information content (AvgIpc) is 2.46. The number of benzene rings is 2. The Hall–Kier alpha value is -2.23. The van der Waals surface area contributed by atoms with Crippen LogP contribution in [-0.4, -0.2) is 13.2 Å². The third kappa shape index (κ3) is 2.62. The van der Waals surface area contributed by atoms with E-state index in [1.165, 1.54) is 6.07 Å². The van der Waals surface area contributed by atoms with Crippen molar-refractivity contribution >= 4 is 0 Å². The summed E-state index contributed by atoms with van der Waals surface area (Å²) >= 11 is 0. The average molecular weight is 260 g/mol. The molecule has 0 unspecified atom stereocenters. The lowest BCUT2D eigenvalue weighted by Gasteiger charge is -2.19. The number of rotatable bonds is 3. The van der Waals surface area contributed by atoms with Gasteiger partial charge in [0.25, 0.3) is 0 Å². The summed E-state index contributed by atoms with van der Waals surface area (Å²) in [5.74, 6) is 1.74. The molecule has 2 aromatic rings. The molecule has 1 heterocycles. The summed E-state index contributed by atoms with van der Waals surface area (Å²) in [5.41, 5.74) is 0.525. The van der Waals surface area contributed by atoms with E-state index in [0.717, 1.165) is 0 Å². The van der Waals surface area contributed by atoms with Crippen molar-refractivity contribution in [2.24, 2.45) is 0 Å². The summed E-state index contributed by atoms with van der Waals surface area (Å²) in [7, 11) is 0. The predicted molar refractivity (Wildman–Crippen MR) is 68.2 cm³/mol. The Labute approximate surface area is 110 Å². The molecule has 3 rings (SSSR count). The van der Waals surface area contributed by atoms with E-state index < -0.39 is 0 Å². The largest absolute Gasteiger partial charge is 0.489 e. The Morgan fingerprint density at radius 2 is 1.79 bits per heavy atom. The molecule has 0 amide bonds. The van der Waals surface area contributed by atoms with Crippen LogP contribution in [0.1, 0.15) is 5.56 Å². The minimum atomic E-state index is -0.264. The summed E-state index contributed by atoms with van der Waals surface area (Å²) in [6.07, 6.45) is 0. The SMILES string of the molecule is Fc1ccccc1COc1ccc2c(c1)OCCO2. The lowest BCUT2D eigenvalue weighted by molar-refractivity contribution is 0.170. The molecule has 0 radical (unpaired) electrons. The van der Waals surface area contributed by atoms with Crippen molar-refractivity contribution < 1.29 is 18.6 Å². The highest BCUT2D eigenvalue weighted by Crippen LogP contribution is 2.33. The summed E-state index contributed by atoms with van der Waals surface area (Å²) in [6.45, 7) is 1.28. The summed E-state index contributed by atoms with van der Waals surface area (Å²) in [4.78, 5) is 0. The van der Waals surface area contributed by atoms with Gasteiger partial charge in [-0.2, -0.15) is 0 Å². The summed E-state index contributed by atoms with van der Waals surface area (Å²) < 4.78 is 29.9. The van der Waals surface area contributed by atoms with E-state index in [0.29, 0.717) is 36.0 Å². The first-order valence-electron chi connectivity index (χ1n) is 6.09. The van der Waals surface area contributed by atoms with Crippen LogP contribution in [-0.2, 0) is 6.61 Å². The van der Waals surface area contributed by atoms with Crippen LogP contribution < -0.4 is 14.2 Å². The molecule has 0 atom stereocenters. The zero-order valence-electron chi connectivity index (χ0n) is 10.3. The molecule has 0 bridgehead atoms. The van der Waals surface area contributed by atoms with Crippen molar-refractivity contribution in [3.8, 4) is 17.2 Å². The quantitative estimate of drug-likeness (QED) is 0.848. The van der Waals surface area contributed by atoms with Crippen LogP contribution in [0.4, 0.5) is 4.39 Å². The molecule has 0 saturated carbocycles. The van der Waals surface area contributed by atoms with Gasteiger partial charge in [-0.3, -0.25) is 0 Å². The number of hydrogen-bond acceptors (Lipinski definition) is 3. The van der Waals surface area contributed by atoms with Gasteiger partial charge in [-0.1, -0.05) is 18.2 Å². The van der Waals surface area contributed by atoms with Crippen molar-refractivity contribution in [1.29, 1.82) is 0 Å². The fourth-order valence-electron chi connectivity index (χ4n) is 1.89. The van der Waals surface area contributed by atoms with Gasteiger partial charge in [-0.15, -0.1) is 0 Å². The molecule has 0 spiro atoms. The number of ether oxygens (including phenoxy) is 3. The molecule has 98 valence electrons. The first-order valence-corrected chi connectivity index (χ1v) is 6.09. The van der Waals surface area contributed by atoms with Crippen molar-refractivity contribution in [3.63, 3.8) is 0 Å². The molecule has 4 heteroatoms. The molecule has 1 aliphatic heterocycles. The fraction of sp³-hybridized carbons (Fsp3) is 0.200. The molecular weight excluding hydrogens is 247 g/mol. The van der Waals surface area contributed by atoms with Crippen LogP contribution >= 0.6 is 0 Å². The van der Waals surface area contributed by atoms with Crippen LogP contribution in [0.5, 0.6) is 17.2 Å². The lowest BCUT2D eigenvalue weighted by atomic mass is 10.2. The molecular formula is C15H13FO3. The monoisotopic (exact) mass is 260 g/mol. The van der Waals surface area contributed by atoms with Crippen LogP contribution in [0.2, 0.25) is 0 Å². The highest BCUT2D eigenvalue weighted by molar-refractivity contribution is 5.46. The standard InChI is InChI=1S/C15H13FO3/c16-13-4-2-1-3-11(13)10-19-12-5-6-14-15(9-12)18-8-7-17-14/h1-6,9H,7-8,10H2. The van der Waals surface area contributed by atoms with Crippen LogP contribution in [0.3, 0.4) is 0 Å². The molecule has 0 saturated heterocycles. The molecule has 0 fully saturated rings. The Kier molecular flexibility index (Phi) is 3.23. The smallest absolute Gasteiger partial charge is 0.165 e. The molecule has 19 heavy (non-hydrogen) atoms. The third-order valence-corrected chi connectivity index (χ3v) is 2.87. The fourth-order valence-corrected chi connectivity index (χ4v) is 1.89. The van der Waals surface area contributed by atoms with E-state index in [1.807, 2.05) is 0 Å². The third-order valence-electron chi connectivity index (χ3n) is 2.87. The highest BCUT2D eigenvalue weighted by Gasteiger charge is 2.12. The maximum Gasteiger partial charge on any atom is 0.165 e. The van der Waals surface area contributed by atoms with Crippen molar-refractivity contribution in [3.05, 3.63) is 53.8 Å². The zero-order chi connectivity index (χ0) is 13.1. The Morgan fingerprint density at radius 3 is 2.63 bits per heavy atom. The van der Waals surface area contributed by atoms with E-state index in [1.54, 1.807) is 36.4 Å². The summed E-state index contributed by atoms with van der Waals surface area (Å²) in [6, 6.07) is 11.9. The van der Waals surface area contributed by atoms with Gasteiger partial charge in [0, 0.05) is 11.6 Å². The van der Waals surface area contributed by atoms with Gasteiger partial charge in [-0.05, 0) is 18.2 Å². The van der Waals surface area contributed by atoms with E-state index in [-0.39, 0.29) is 12.4 Å². The molecule has 0 aromatic heterocycles. The van der Waals surface area contributed by atoms with Gasteiger partial charge in [0.15, 0.2) is 11.5 Å². The van der Waals surface area contributed by atoms with Gasteiger partial charge in [-0.25, -0.2) is 4.39 Å². The van der Waals surface area contributed by atoms with Gasteiger partial charge < -0.3 is 14.2 Å². The molecule has 0 N–H and O–H groups in total.